The fourth-order valence-electron chi connectivity index (χ4n) is 3.85. The zero-order valence-electron chi connectivity index (χ0n) is 16.4. The van der Waals surface area contributed by atoms with E-state index >= 15 is 0 Å². The van der Waals surface area contributed by atoms with Gasteiger partial charge in [-0.2, -0.15) is 0 Å². The number of carbonyl (C=O) groups is 1. The second kappa shape index (κ2) is 8.93. The van der Waals surface area contributed by atoms with E-state index in [1.165, 1.54) is 0 Å². The van der Waals surface area contributed by atoms with E-state index in [9.17, 15) is 9.90 Å². The number of hydrogen-bond acceptors (Lipinski definition) is 6. The van der Waals surface area contributed by atoms with Gasteiger partial charge in [0.05, 0.1) is 33.3 Å². The van der Waals surface area contributed by atoms with Crippen LogP contribution in [0.5, 0.6) is 17.2 Å². The summed E-state index contributed by atoms with van der Waals surface area (Å²) in [5.41, 5.74) is 1.93. The first-order valence-electron chi connectivity index (χ1n) is 9.25. The molecule has 0 saturated carbocycles. The first-order chi connectivity index (χ1) is 13.6. The van der Waals surface area contributed by atoms with Crippen molar-refractivity contribution in [2.75, 3.05) is 34.4 Å². The van der Waals surface area contributed by atoms with Crippen molar-refractivity contribution in [3.05, 3.63) is 47.8 Å². The van der Waals surface area contributed by atoms with E-state index < -0.39 is 5.97 Å². The average molecular weight is 386 g/mol. The molecule has 0 aliphatic carbocycles. The number of hydrogen-bond donors (Lipinski definition) is 1. The number of pyridine rings is 1. The summed E-state index contributed by atoms with van der Waals surface area (Å²) in [5, 5.41) is 9.52. The molecule has 0 radical (unpaired) electrons. The van der Waals surface area contributed by atoms with Gasteiger partial charge in [-0.3, -0.25) is 14.7 Å². The molecule has 0 spiro atoms. The van der Waals surface area contributed by atoms with Gasteiger partial charge in [-0.25, -0.2) is 0 Å². The second-order valence-electron chi connectivity index (χ2n) is 6.82. The molecule has 2 heterocycles. The number of carboxylic acid groups (broad SMARTS) is 1. The summed E-state index contributed by atoms with van der Waals surface area (Å²) >= 11 is 0. The van der Waals surface area contributed by atoms with Crippen LogP contribution in [0.4, 0.5) is 0 Å². The molecule has 7 heteroatoms. The van der Waals surface area contributed by atoms with Crippen LogP contribution in [-0.2, 0) is 4.79 Å². The van der Waals surface area contributed by atoms with Crippen molar-refractivity contribution in [3.8, 4) is 17.2 Å². The molecule has 1 saturated heterocycles. The molecule has 1 aromatic carbocycles. The molecule has 0 amide bonds. The van der Waals surface area contributed by atoms with Crippen LogP contribution in [0.1, 0.15) is 30.0 Å². The maximum Gasteiger partial charge on any atom is 0.307 e. The Hall–Kier alpha value is -2.80. The standard InChI is InChI=1S/C21H26N2O5/c1-26-17-10-16(11-18(27-2)20(17)28-3)19(14-6-4-8-22-12-14)23-9-5-7-15(13-23)21(24)25/h4,6,8,10-12,15,19H,5,7,9,13H2,1-3H3,(H,24,25). The van der Waals surface area contributed by atoms with Crippen molar-refractivity contribution in [1.29, 1.82) is 0 Å². The maximum atomic E-state index is 11.6. The summed E-state index contributed by atoms with van der Waals surface area (Å²) < 4.78 is 16.5. The Balaban J connectivity index is 2.09. The minimum Gasteiger partial charge on any atom is -0.493 e. The molecule has 2 atom stereocenters. The molecular weight excluding hydrogens is 360 g/mol. The molecule has 1 fully saturated rings. The lowest BCUT2D eigenvalue weighted by molar-refractivity contribution is -0.143. The summed E-state index contributed by atoms with van der Waals surface area (Å²) in [6.45, 7) is 1.28. The van der Waals surface area contributed by atoms with Gasteiger partial charge in [0.1, 0.15) is 0 Å². The Morgan fingerprint density at radius 2 is 1.89 bits per heavy atom. The lowest BCUT2D eigenvalue weighted by Crippen LogP contribution is -2.41. The number of methoxy groups -OCH3 is 3. The van der Waals surface area contributed by atoms with E-state index in [0.717, 1.165) is 24.1 Å². The van der Waals surface area contributed by atoms with Crippen LogP contribution in [-0.4, -0.2) is 55.4 Å². The number of ether oxygens (including phenoxy) is 3. The van der Waals surface area contributed by atoms with E-state index in [0.29, 0.717) is 30.2 Å². The Kier molecular flexibility index (Phi) is 6.36. The van der Waals surface area contributed by atoms with Gasteiger partial charge in [0.2, 0.25) is 5.75 Å². The number of benzene rings is 1. The van der Waals surface area contributed by atoms with Crippen molar-refractivity contribution in [2.45, 2.75) is 18.9 Å². The van der Waals surface area contributed by atoms with Gasteiger partial charge in [0.15, 0.2) is 11.5 Å². The minimum atomic E-state index is -0.750. The van der Waals surface area contributed by atoms with Crippen molar-refractivity contribution in [3.63, 3.8) is 0 Å². The topological polar surface area (TPSA) is 81.1 Å². The third-order valence-corrected chi connectivity index (χ3v) is 5.17. The van der Waals surface area contributed by atoms with Gasteiger partial charge >= 0.3 is 5.97 Å². The molecule has 28 heavy (non-hydrogen) atoms. The van der Waals surface area contributed by atoms with Crippen LogP contribution < -0.4 is 14.2 Å². The number of aliphatic carboxylic acids is 1. The number of likely N-dealkylation sites (tertiary alicyclic amines) is 1. The normalized spacial score (nSPS) is 18.3. The molecule has 1 N–H and O–H groups in total. The lowest BCUT2D eigenvalue weighted by atomic mass is 9.91. The molecule has 0 bridgehead atoms. The van der Waals surface area contributed by atoms with Crippen molar-refractivity contribution >= 4 is 5.97 Å². The fraction of sp³-hybridized carbons (Fsp3) is 0.429. The SMILES string of the molecule is COc1cc(C(c2cccnc2)N2CCCC(C(=O)O)C2)cc(OC)c1OC. The highest BCUT2D eigenvalue weighted by Gasteiger charge is 2.32. The quantitative estimate of drug-likeness (QED) is 0.783. The zero-order valence-corrected chi connectivity index (χ0v) is 16.4. The van der Waals surface area contributed by atoms with E-state index in [1.54, 1.807) is 27.5 Å². The molecule has 1 aromatic heterocycles. The van der Waals surface area contributed by atoms with Crippen LogP contribution in [0, 0.1) is 5.92 Å². The van der Waals surface area contributed by atoms with Gasteiger partial charge in [-0.05, 0) is 48.7 Å². The average Bonchev–Trinajstić information content (AvgIpc) is 2.74. The molecule has 7 nitrogen and oxygen atoms in total. The van der Waals surface area contributed by atoms with E-state index in [4.69, 9.17) is 14.2 Å². The molecular formula is C21H26N2O5. The van der Waals surface area contributed by atoms with Crippen LogP contribution in [0.3, 0.4) is 0 Å². The van der Waals surface area contributed by atoms with E-state index in [1.807, 2.05) is 30.5 Å². The Morgan fingerprint density at radius 1 is 1.18 bits per heavy atom. The van der Waals surface area contributed by atoms with Crippen LogP contribution >= 0.6 is 0 Å². The zero-order chi connectivity index (χ0) is 20.1. The monoisotopic (exact) mass is 386 g/mol. The summed E-state index contributed by atoms with van der Waals surface area (Å²) in [7, 11) is 4.74. The molecule has 1 aliphatic heterocycles. The minimum absolute atomic E-state index is 0.162. The third-order valence-electron chi connectivity index (χ3n) is 5.17. The number of carboxylic acids is 1. The first kappa shape index (κ1) is 19.9. The summed E-state index contributed by atoms with van der Waals surface area (Å²) in [6.07, 6.45) is 5.07. The van der Waals surface area contributed by atoms with Gasteiger partial charge < -0.3 is 19.3 Å². The van der Waals surface area contributed by atoms with Crippen molar-refractivity contribution in [1.82, 2.24) is 9.88 Å². The van der Waals surface area contributed by atoms with Crippen molar-refractivity contribution < 1.29 is 24.1 Å². The Morgan fingerprint density at radius 3 is 2.43 bits per heavy atom. The predicted molar refractivity (Wildman–Crippen MR) is 104 cm³/mol. The predicted octanol–water partition coefficient (Wildman–Crippen LogP) is 2.99. The molecule has 1 aliphatic rings. The lowest BCUT2D eigenvalue weighted by Gasteiger charge is -2.37. The van der Waals surface area contributed by atoms with Crippen LogP contribution in [0.15, 0.2) is 36.7 Å². The molecule has 150 valence electrons. The smallest absolute Gasteiger partial charge is 0.307 e. The van der Waals surface area contributed by atoms with E-state index in [-0.39, 0.29) is 12.0 Å². The highest BCUT2D eigenvalue weighted by atomic mass is 16.5. The number of nitrogens with zero attached hydrogens (tertiary/aromatic N) is 2. The van der Waals surface area contributed by atoms with Gasteiger partial charge in [0, 0.05) is 18.9 Å². The maximum absolute atomic E-state index is 11.6. The Labute approximate surface area is 164 Å². The number of aromatic nitrogens is 1. The number of piperidine rings is 1. The Bertz CT molecular complexity index is 787. The van der Waals surface area contributed by atoms with Crippen LogP contribution in [0.25, 0.3) is 0 Å². The van der Waals surface area contributed by atoms with E-state index in [2.05, 4.69) is 9.88 Å². The highest BCUT2D eigenvalue weighted by molar-refractivity contribution is 5.70. The molecule has 2 aromatic rings. The number of rotatable bonds is 7. The largest absolute Gasteiger partial charge is 0.493 e. The van der Waals surface area contributed by atoms with Crippen molar-refractivity contribution in [2.24, 2.45) is 5.92 Å². The molecule has 3 rings (SSSR count). The summed E-state index contributed by atoms with van der Waals surface area (Å²) in [4.78, 5) is 18.0. The first-order valence-corrected chi connectivity index (χ1v) is 9.25. The second-order valence-corrected chi connectivity index (χ2v) is 6.82. The van der Waals surface area contributed by atoms with Gasteiger partial charge in [0.25, 0.3) is 0 Å². The summed E-state index contributed by atoms with van der Waals surface area (Å²) in [5.74, 6) is 0.533. The molecule has 2 unspecified atom stereocenters. The highest BCUT2D eigenvalue weighted by Crippen LogP contribution is 2.42. The summed E-state index contributed by atoms with van der Waals surface area (Å²) in [6, 6.07) is 7.57. The third kappa shape index (κ3) is 4.04. The van der Waals surface area contributed by atoms with Crippen LogP contribution in [0.2, 0.25) is 0 Å². The fourth-order valence-corrected chi connectivity index (χ4v) is 3.85. The van der Waals surface area contributed by atoms with Gasteiger partial charge in [-0.1, -0.05) is 6.07 Å². The van der Waals surface area contributed by atoms with Gasteiger partial charge in [-0.15, -0.1) is 0 Å².